The molecule has 1 aliphatic carbocycles. The first-order valence-electron chi connectivity index (χ1n) is 5.28. The van der Waals surface area contributed by atoms with Gasteiger partial charge in [0.15, 0.2) is 0 Å². The molecule has 0 spiro atoms. The van der Waals surface area contributed by atoms with Crippen LogP contribution in [-0.2, 0) is 0 Å². The zero-order valence-corrected chi connectivity index (χ0v) is 9.24. The van der Waals surface area contributed by atoms with Crippen LogP contribution in [0.2, 0.25) is 5.02 Å². The van der Waals surface area contributed by atoms with Crippen molar-refractivity contribution >= 4 is 17.4 Å². The minimum absolute atomic E-state index is 0.255. The lowest BCUT2D eigenvalue weighted by Crippen LogP contribution is -2.26. The normalized spacial score (nSPS) is 25.5. The lowest BCUT2D eigenvalue weighted by molar-refractivity contribution is 0.222. The van der Waals surface area contributed by atoms with Gasteiger partial charge in [-0.25, -0.2) is 4.98 Å². The third-order valence-corrected chi connectivity index (χ3v) is 3.18. The van der Waals surface area contributed by atoms with Crippen LogP contribution in [0.1, 0.15) is 19.3 Å². The summed E-state index contributed by atoms with van der Waals surface area (Å²) in [5.41, 5.74) is 0. The van der Waals surface area contributed by atoms with Crippen molar-refractivity contribution in [1.82, 2.24) is 4.98 Å². The van der Waals surface area contributed by atoms with Gasteiger partial charge in [-0.1, -0.05) is 18.0 Å². The lowest BCUT2D eigenvalue weighted by Gasteiger charge is -2.19. The Bertz CT molecular complexity index is 315. The number of nitrogens with zero attached hydrogens (tertiary/aromatic N) is 1. The van der Waals surface area contributed by atoms with E-state index in [4.69, 9.17) is 11.6 Å². The standard InChI is InChI=1S/C11H15ClN2O/c12-9-4-5-11(13-6-9)14-10-3-1-2-8(10)7-15/h4-6,8,10,15H,1-3,7H2,(H,13,14). The molecule has 0 bridgehead atoms. The number of pyridine rings is 1. The van der Waals surface area contributed by atoms with Crippen LogP contribution in [0, 0.1) is 5.92 Å². The van der Waals surface area contributed by atoms with Gasteiger partial charge >= 0.3 is 0 Å². The summed E-state index contributed by atoms with van der Waals surface area (Å²) in [4.78, 5) is 4.19. The molecule has 0 aromatic carbocycles. The van der Waals surface area contributed by atoms with Crippen LogP contribution in [0.15, 0.2) is 18.3 Å². The molecule has 3 nitrogen and oxygen atoms in total. The molecule has 2 rings (SSSR count). The molecular weight excluding hydrogens is 212 g/mol. The highest BCUT2D eigenvalue weighted by atomic mass is 35.5. The molecule has 1 fully saturated rings. The first-order chi connectivity index (χ1) is 7.29. The number of aromatic nitrogens is 1. The summed E-state index contributed by atoms with van der Waals surface area (Å²) >= 11 is 5.75. The maximum atomic E-state index is 9.18. The van der Waals surface area contributed by atoms with E-state index in [1.807, 2.05) is 12.1 Å². The molecule has 15 heavy (non-hydrogen) atoms. The molecule has 4 heteroatoms. The van der Waals surface area contributed by atoms with E-state index in [1.165, 1.54) is 6.42 Å². The smallest absolute Gasteiger partial charge is 0.126 e. The number of aliphatic hydroxyl groups excluding tert-OH is 1. The van der Waals surface area contributed by atoms with Crippen LogP contribution in [0.3, 0.4) is 0 Å². The maximum Gasteiger partial charge on any atom is 0.126 e. The quantitative estimate of drug-likeness (QED) is 0.832. The largest absolute Gasteiger partial charge is 0.396 e. The summed E-state index contributed by atoms with van der Waals surface area (Å²) in [6.45, 7) is 0.255. The summed E-state index contributed by atoms with van der Waals surface area (Å²) in [6, 6.07) is 4.04. The number of hydrogen-bond donors (Lipinski definition) is 2. The zero-order chi connectivity index (χ0) is 10.7. The number of halogens is 1. The fourth-order valence-electron chi connectivity index (χ4n) is 2.10. The van der Waals surface area contributed by atoms with Gasteiger partial charge in [-0.15, -0.1) is 0 Å². The predicted molar refractivity (Wildman–Crippen MR) is 61.1 cm³/mol. The number of anilines is 1. The van der Waals surface area contributed by atoms with Crippen molar-refractivity contribution in [3.8, 4) is 0 Å². The van der Waals surface area contributed by atoms with Crippen molar-refractivity contribution < 1.29 is 5.11 Å². The van der Waals surface area contributed by atoms with Crippen molar-refractivity contribution in [3.63, 3.8) is 0 Å². The summed E-state index contributed by atoms with van der Waals surface area (Å²) < 4.78 is 0. The highest BCUT2D eigenvalue weighted by molar-refractivity contribution is 6.30. The number of aliphatic hydroxyl groups is 1. The Balaban J connectivity index is 1.99. The van der Waals surface area contributed by atoms with Crippen molar-refractivity contribution in [1.29, 1.82) is 0 Å². The van der Waals surface area contributed by atoms with Gasteiger partial charge in [-0.2, -0.15) is 0 Å². The van der Waals surface area contributed by atoms with E-state index in [1.54, 1.807) is 6.20 Å². The van der Waals surface area contributed by atoms with E-state index in [0.29, 0.717) is 17.0 Å². The highest BCUT2D eigenvalue weighted by Gasteiger charge is 2.26. The topological polar surface area (TPSA) is 45.1 Å². The van der Waals surface area contributed by atoms with Gasteiger partial charge < -0.3 is 10.4 Å². The Labute approximate surface area is 94.5 Å². The molecule has 0 amide bonds. The van der Waals surface area contributed by atoms with Gasteiger partial charge in [0.2, 0.25) is 0 Å². The van der Waals surface area contributed by atoms with Crippen LogP contribution >= 0.6 is 11.6 Å². The minimum atomic E-state index is 0.255. The Morgan fingerprint density at radius 1 is 1.47 bits per heavy atom. The summed E-state index contributed by atoms with van der Waals surface area (Å²) in [6.07, 6.45) is 5.01. The molecule has 1 heterocycles. The van der Waals surface area contributed by atoms with E-state index in [2.05, 4.69) is 10.3 Å². The third kappa shape index (κ3) is 2.61. The maximum absolute atomic E-state index is 9.18. The van der Waals surface area contributed by atoms with Gasteiger partial charge in [0.05, 0.1) is 5.02 Å². The molecule has 0 saturated heterocycles. The Morgan fingerprint density at radius 2 is 2.33 bits per heavy atom. The Morgan fingerprint density at radius 3 is 3.00 bits per heavy atom. The Kier molecular flexibility index (Phi) is 3.44. The zero-order valence-electron chi connectivity index (χ0n) is 8.49. The fourth-order valence-corrected chi connectivity index (χ4v) is 2.21. The second-order valence-electron chi connectivity index (χ2n) is 3.99. The third-order valence-electron chi connectivity index (χ3n) is 2.95. The van der Waals surface area contributed by atoms with Gasteiger partial charge in [0.25, 0.3) is 0 Å². The molecule has 0 aliphatic heterocycles. The molecule has 1 saturated carbocycles. The molecular formula is C11H15ClN2O. The molecule has 2 N–H and O–H groups in total. The summed E-state index contributed by atoms with van der Waals surface area (Å²) in [5, 5.41) is 13.2. The summed E-state index contributed by atoms with van der Waals surface area (Å²) in [5.74, 6) is 1.20. The first kappa shape index (κ1) is 10.7. The minimum Gasteiger partial charge on any atom is -0.396 e. The monoisotopic (exact) mass is 226 g/mol. The van der Waals surface area contributed by atoms with Gasteiger partial charge in [0.1, 0.15) is 5.82 Å². The second-order valence-corrected chi connectivity index (χ2v) is 4.42. The second kappa shape index (κ2) is 4.81. The average molecular weight is 227 g/mol. The number of hydrogen-bond acceptors (Lipinski definition) is 3. The van der Waals surface area contributed by atoms with E-state index in [0.717, 1.165) is 18.7 Å². The van der Waals surface area contributed by atoms with Gasteiger partial charge in [0, 0.05) is 24.8 Å². The summed E-state index contributed by atoms with van der Waals surface area (Å²) in [7, 11) is 0. The van der Waals surface area contributed by atoms with E-state index >= 15 is 0 Å². The van der Waals surface area contributed by atoms with Crippen LogP contribution in [0.25, 0.3) is 0 Å². The van der Waals surface area contributed by atoms with Crippen LogP contribution in [0.4, 0.5) is 5.82 Å². The Hall–Kier alpha value is -0.800. The number of nitrogens with one attached hydrogen (secondary N) is 1. The van der Waals surface area contributed by atoms with Crippen LogP contribution < -0.4 is 5.32 Å². The lowest BCUT2D eigenvalue weighted by atomic mass is 10.1. The van der Waals surface area contributed by atoms with Gasteiger partial charge in [-0.05, 0) is 25.0 Å². The van der Waals surface area contributed by atoms with Crippen molar-refractivity contribution in [3.05, 3.63) is 23.4 Å². The highest BCUT2D eigenvalue weighted by Crippen LogP contribution is 2.27. The van der Waals surface area contributed by atoms with E-state index in [-0.39, 0.29) is 6.61 Å². The SMILES string of the molecule is OCC1CCCC1Nc1ccc(Cl)cn1. The molecule has 1 aliphatic rings. The molecule has 2 unspecified atom stereocenters. The van der Waals surface area contributed by atoms with Crippen LogP contribution in [-0.4, -0.2) is 22.7 Å². The van der Waals surface area contributed by atoms with Crippen molar-refractivity contribution in [2.45, 2.75) is 25.3 Å². The van der Waals surface area contributed by atoms with Crippen molar-refractivity contribution in [2.75, 3.05) is 11.9 Å². The fraction of sp³-hybridized carbons (Fsp3) is 0.545. The number of rotatable bonds is 3. The van der Waals surface area contributed by atoms with Crippen molar-refractivity contribution in [2.24, 2.45) is 5.92 Å². The average Bonchev–Trinajstić information content (AvgIpc) is 2.69. The molecule has 2 atom stereocenters. The van der Waals surface area contributed by atoms with E-state index < -0.39 is 0 Å². The molecule has 1 aromatic heterocycles. The van der Waals surface area contributed by atoms with E-state index in [9.17, 15) is 5.11 Å². The molecule has 0 radical (unpaired) electrons. The molecule has 82 valence electrons. The first-order valence-corrected chi connectivity index (χ1v) is 5.66. The molecule has 1 aromatic rings. The predicted octanol–water partition coefficient (Wildman–Crippen LogP) is 2.31. The van der Waals surface area contributed by atoms with Gasteiger partial charge in [-0.3, -0.25) is 0 Å². The van der Waals surface area contributed by atoms with Crippen LogP contribution in [0.5, 0.6) is 0 Å².